The van der Waals surface area contributed by atoms with Crippen molar-refractivity contribution >= 4 is 11.6 Å². The van der Waals surface area contributed by atoms with E-state index >= 15 is 0 Å². The minimum absolute atomic E-state index is 0.0444. The Kier molecular flexibility index (Phi) is 4.85. The van der Waals surface area contributed by atoms with Crippen molar-refractivity contribution in [3.63, 3.8) is 0 Å². The molecule has 1 aromatic heterocycles. The molecular weight excluding hydrogens is 302 g/mol. The maximum atomic E-state index is 13.0. The molecule has 6 nitrogen and oxygen atoms in total. The van der Waals surface area contributed by atoms with Crippen LogP contribution < -0.4 is 15.5 Å². The van der Waals surface area contributed by atoms with E-state index in [4.69, 9.17) is 0 Å². The van der Waals surface area contributed by atoms with E-state index in [2.05, 4.69) is 32.8 Å². The molecule has 1 saturated heterocycles. The van der Waals surface area contributed by atoms with Gasteiger partial charge < -0.3 is 15.5 Å². The van der Waals surface area contributed by atoms with Crippen LogP contribution in [0.15, 0.2) is 42.7 Å². The number of hydrogen-bond acceptors (Lipinski definition) is 4. The van der Waals surface area contributed by atoms with Crippen molar-refractivity contribution < 1.29 is 4.79 Å². The van der Waals surface area contributed by atoms with Gasteiger partial charge in [0.15, 0.2) is 0 Å². The van der Waals surface area contributed by atoms with Gasteiger partial charge >= 0.3 is 0 Å². The molecule has 0 spiro atoms. The van der Waals surface area contributed by atoms with Gasteiger partial charge in [0.05, 0.1) is 0 Å². The maximum Gasteiger partial charge on any atom is 0.248 e. The minimum atomic E-state index is -0.589. The van der Waals surface area contributed by atoms with Gasteiger partial charge in [-0.2, -0.15) is 5.10 Å². The molecule has 24 heavy (non-hydrogen) atoms. The van der Waals surface area contributed by atoms with Crippen molar-refractivity contribution in [2.45, 2.75) is 24.9 Å². The van der Waals surface area contributed by atoms with Gasteiger partial charge in [0.1, 0.15) is 5.54 Å². The molecule has 128 valence electrons. The van der Waals surface area contributed by atoms with E-state index in [-0.39, 0.29) is 5.91 Å². The number of nitrogens with one attached hydrogen (secondary N) is 2. The van der Waals surface area contributed by atoms with Crippen LogP contribution in [0.25, 0.3) is 0 Å². The third kappa shape index (κ3) is 3.28. The standard InChI is InChI=1S/C18H25N5O/c1-22(2)16-6-3-5-15(13-16)14-20-17(24)18(7-10-19-11-8-18)23-12-4-9-21-23/h3-6,9,12-13,19H,7-8,10-11,14H2,1-2H3,(H,20,24). The normalized spacial score (nSPS) is 16.6. The maximum absolute atomic E-state index is 13.0. The summed E-state index contributed by atoms with van der Waals surface area (Å²) in [6, 6.07) is 10.1. The van der Waals surface area contributed by atoms with Crippen LogP contribution in [0.2, 0.25) is 0 Å². The SMILES string of the molecule is CN(C)c1cccc(CNC(=O)C2(n3cccn3)CCNCC2)c1. The van der Waals surface area contributed by atoms with Crippen LogP contribution in [0.4, 0.5) is 5.69 Å². The molecule has 2 heterocycles. The van der Waals surface area contributed by atoms with Crippen molar-refractivity contribution in [2.24, 2.45) is 0 Å². The van der Waals surface area contributed by atoms with Gasteiger partial charge in [0.2, 0.25) is 5.91 Å². The van der Waals surface area contributed by atoms with Crippen molar-refractivity contribution in [3.05, 3.63) is 48.3 Å². The second kappa shape index (κ2) is 7.05. The highest BCUT2D eigenvalue weighted by atomic mass is 16.2. The Bertz CT molecular complexity index is 674. The van der Waals surface area contributed by atoms with Crippen molar-refractivity contribution in [3.8, 4) is 0 Å². The first-order valence-corrected chi connectivity index (χ1v) is 8.37. The number of aromatic nitrogens is 2. The van der Waals surface area contributed by atoms with Crippen molar-refractivity contribution in [2.75, 3.05) is 32.1 Å². The molecule has 1 aliphatic heterocycles. The van der Waals surface area contributed by atoms with E-state index < -0.39 is 5.54 Å². The fraction of sp³-hybridized carbons (Fsp3) is 0.444. The van der Waals surface area contributed by atoms with Crippen molar-refractivity contribution in [1.82, 2.24) is 20.4 Å². The Morgan fingerprint density at radius 3 is 2.79 bits per heavy atom. The number of carbonyl (C=O) groups excluding carboxylic acids is 1. The molecule has 0 atom stereocenters. The molecule has 0 unspecified atom stereocenters. The summed E-state index contributed by atoms with van der Waals surface area (Å²) < 4.78 is 1.82. The average Bonchev–Trinajstić information content (AvgIpc) is 3.15. The Morgan fingerprint density at radius 2 is 2.12 bits per heavy atom. The first-order chi connectivity index (χ1) is 11.6. The summed E-state index contributed by atoms with van der Waals surface area (Å²) in [5.74, 6) is 0.0444. The number of piperidine rings is 1. The lowest BCUT2D eigenvalue weighted by atomic mass is 9.87. The molecule has 0 radical (unpaired) electrons. The van der Waals surface area contributed by atoms with Crippen LogP contribution in [0, 0.1) is 0 Å². The first kappa shape index (κ1) is 16.5. The predicted molar refractivity (Wildman–Crippen MR) is 94.9 cm³/mol. The van der Waals surface area contributed by atoms with Crippen LogP contribution in [-0.4, -0.2) is 42.9 Å². The Hall–Kier alpha value is -2.34. The molecule has 0 aliphatic carbocycles. The molecular formula is C18H25N5O. The summed E-state index contributed by atoms with van der Waals surface area (Å²) in [5, 5.41) is 10.8. The van der Waals surface area contributed by atoms with Crippen LogP contribution in [0.1, 0.15) is 18.4 Å². The van der Waals surface area contributed by atoms with E-state index in [0.717, 1.165) is 37.2 Å². The third-order valence-corrected chi connectivity index (χ3v) is 4.68. The van der Waals surface area contributed by atoms with Gasteiger partial charge in [-0.1, -0.05) is 12.1 Å². The Morgan fingerprint density at radius 1 is 1.33 bits per heavy atom. The molecule has 1 fully saturated rings. The predicted octanol–water partition coefficient (Wildman–Crippen LogP) is 1.34. The zero-order valence-electron chi connectivity index (χ0n) is 14.3. The summed E-state index contributed by atoms with van der Waals surface area (Å²) in [5.41, 5.74) is 1.64. The van der Waals surface area contributed by atoms with Crippen LogP contribution in [0.5, 0.6) is 0 Å². The highest BCUT2D eigenvalue weighted by Gasteiger charge is 2.41. The number of carbonyl (C=O) groups is 1. The van der Waals surface area contributed by atoms with E-state index in [1.165, 1.54) is 0 Å². The molecule has 1 aliphatic rings. The fourth-order valence-electron chi connectivity index (χ4n) is 3.21. The summed E-state index contributed by atoms with van der Waals surface area (Å²) in [6.45, 7) is 2.17. The lowest BCUT2D eigenvalue weighted by molar-refractivity contribution is -0.132. The van der Waals surface area contributed by atoms with Gasteiger partial charge in [-0.05, 0) is 49.7 Å². The topological polar surface area (TPSA) is 62.2 Å². The van der Waals surface area contributed by atoms with Crippen molar-refractivity contribution in [1.29, 1.82) is 0 Å². The zero-order chi connectivity index (χ0) is 17.0. The number of hydrogen-bond donors (Lipinski definition) is 2. The molecule has 2 aromatic rings. The van der Waals surface area contributed by atoms with Crippen LogP contribution in [-0.2, 0) is 16.9 Å². The Labute approximate surface area is 142 Å². The summed E-state index contributed by atoms with van der Waals surface area (Å²) >= 11 is 0. The van der Waals surface area contributed by atoms with Crippen LogP contribution >= 0.6 is 0 Å². The smallest absolute Gasteiger partial charge is 0.248 e. The third-order valence-electron chi connectivity index (χ3n) is 4.68. The van der Waals surface area contributed by atoms with Gasteiger partial charge in [-0.3, -0.25) is 9.48 Å². The monoisotopic (exact) mass is 327 g/mol. The molecule has 0 saturated carbocycles. The van der Waals surface area contributed by atoms with Crippen LogP contribution in [0.3, 0.4) is 0 Å². The largest absolute Gasteiger partial charge is 0.378 e. The van der Waals surface area contributed by atoms with E-state index in [1.54, 1.807) is 6.20 Å². The number of benzene rings is 1. The molecule has 3 rings (SSSR count). The highest BCUT2D eigenvalue weighted by molar-refractivity contribution is 5.84. The second-order valence-electron chi connectivity index (χ2n) is 6.48. The minimum Gasteiger partial charge on any atom is -0.378 e. The lowest BCUT2D eigenvalue weighted by Crippen LogP contribution is -2.54. The summed E-state index contributed by atoms with van der Waals surface area (Å²) in [4.78, 5) is 15.1. The van der Waals surface area contributed by atoms with Gasteiger partial charge in [-0.15, -0.1) is 0 Å². The second-order valence-corrected chi connectivity index (χ2v) is 6.48. The molecule has 6 heteroatoms. The fourth-order valence-corrected chi connectivity index (χ4v) is 3.21. The Balaban J connectivity index is 1.74. The van der Waals surface area contributed by atoms with Gasteiger partial charge in [0, 0.05) is 38.7 Å². The molecule has 0 bridgehead atoms. The van der Waals surface area contributed by atoms with E-state index in [0.29, 0.717) is 6.54 Å². The average molecular weight is 327 g/mol. The highest BCUT2D eigenvalue weighted by Crippen LogP contribution is 2.27. The molecule has 2 N–H and O–H groups in total. The lowest BCUT2D eigenvalue weighted by Gasteiger charge is -2.36. The summed E-state index contributed by atoms with van der Waals surface area (Å²) in [7, 11) is 4.03. The van der Waals surface area contributed by atoms with Gasteiger partial charge in [-0.25, -0.2) is 0 Å². The number of rotatable bonds is 5. The number of nitrogens with zero attached hydrogens (tertiary/aromatic N) is 3. The van der Waals surface area contributed by atoms with E-state index in [9.17, 15) is 4.79 Å². The molecule has 1 amide bonds. The summed E-state index contributed by atoms with van der Waals surface area (Å²) in [6.07, 6.45) is 5.12. The number of anilines is 1. The zero-order valence-corrected chi connectivity index (χ0v) is 14.3. The quantitative estimate of drug-likeness (QED) is 0.870. The van der Waals surface area contributed by atoms with Gasteiger partial charge in [0.25, 0.3) is 0 Å². The first-order valence-electron chi connectivity index (χ1n) is 8.37. The molecule has 1 aromatic carbocycles. The van der Waals surface area contributed by atoms with E-state index in [1.807, 2.05) is 43.2 Å². The number of amides is 1.